The minimum Gasteiger partial charge on any atom is -0.388 e. The average molecular weight is 349 g/mol. The maximum atomic E-state index is 12.9. The molecule has 0 spiro atoms. The zero-order chi connectivity index (χ0) is 17.5. The lowest BCUT2D eigenvalue weighted by Gasteiger charge is -2.17. The Morgan fingerprint density at radius 3 is 2.83 bits per heavy atom. The fourth-order valence-electron chi connectivity index (χ4n) is 2.13. The largest absolute Gasteiger partial charge is 0.388 e. The molecule has 0 radical (unpaired) electrons. The number of nitrogens with one attached hydrogen (secondary N) is 2. The van der Waals surface area contributed by atoms with Crippen LogP contribution in [0.5, 0.6) is 0 Å². The van der Waals surface area contributed by atoms with E-state index in [0.717, 1.165) is 0 Å². The van der Waals surface area contributed by atoms with E-state index in [1.807, 2.05) is 6.92 Å². The van der Waals surface area contributed by atoms with E-state index < -0.39 is 6.10 Å². The number of nitrogens with zero attached hydrogens (tertiary/aromatic N) is 1. The first-order valence-electron chi connectivity index (χ1n) is 7.54. The van der Waals surface area contributed by atoms with E-state index in [0.29, 0.717) is 28.5 Å². The second-order valence-corrected chi connectivity index (χ2v) is 6.41. The minimum absolute atomic E-state index is 0.238. The highest BCUT2D eigenvalue weighted by atomic mass is 32.1. The van der Waals surface area contributed by atoms with Crippen molar-refractivity contribution in [2.24, 2.45) is 0 Å². The number of benzene rings is 1. The molecule has 5 nitrogen and oxygen atoms in total. The van der Waals surface area contributed by atoms with Gasteiger partial charge >= 0.3 is 0 Å². The predicted octanol–water partition coefficient (Wildman–Crippen LogP) is 3.12. The number of carbonyl (C=O) groups is 1. The number of anilines is 1. The number of halogens is 1. The topological polar surface area (TPSA) is 74.2 Å². The Labute approximate surface area is 144 Å². The average Bonchev–Trinajstić information content (AvgIpc) is 3.02. The Balaban J connectivity index is 1.87. The number of aliphatic hydroxyl groups excluding tert-OH is 1. The molecular formula is C17H20FN3O2S. The van der Waals surface area contributed by atoms with Crippen LogP contribution in [0.3, 0.4) is 0 Å². The van der Waals surface area contributed by atoms with E-state index in [2.05, 4.69) is 22.2 Å². The molecular weight excluding hydrogens is 329 g/mol. The van der Waals surface area contributed by atoms with Gasteiger partial charge in [-0.25, -0.2) is 9.37 Å². The van der Waals surface area contributed by atoms with Gasteiger partial charge in [0.05, 0.1) is 12.3 Å². The third kappa shape index (κ3) is 5.14. The first-order valence-corrected chi connectivity index (χ1v) is 8.36. The molecule has 1 aromatic carbocycles. The lowest BCUT2D eigenvalue weighted by molar-refractivity contribution is 0.0921. The zero-order valence-corrected chi connectivity index (χ0v) is 14.1. The molecule has 24 heavy (non-hydrogen) atoms. The van der Waals surface area contributed by atoms with Gasteiger partial charge in [-0.15, -0.1) is 6.58 Å². The second kappa shape index (κ2) is 8.56. The quantitative estimate of drug-likeness (QED) is 0.640. The number of rotatable bonds is 8. The number of aliphatic hydroxyl groups is 1. The van der Waals surface area contributed by atoms with Crippen LogP contribution in [0.25, 0.3) is 0 Å². The van der Waals surface area contributed by atoms with Gasteiger partial charge in [-0.05, 0) is 31.0 Å². The summed E-state index contributed by atoms with van der Waals surface area (Å²) in [5.41, 5.74) is 0.617. The Bertz CT molecular complexity index is 687. The van der Waals surface area contributed by atoms with Gasteiger partial charge in [0.2, 0.25) is 0 Å². The zero-order valence-electron chi connectivity index (χ0n) is 13.3. The van der Waals surface area contributed by atoms with Crippen molar-refractivity contribution >= 4 is 22.4 Å². The van der Waals surface area contributed by atoms with E-state index in [4.69, 9.17) is 0 Å². The first-order chi connectivity index (χ1) is 11.5. The van der Waals surface area contributed by atoms with Crippen LogP contribution in [0.15, 0.2) is 43.1 Å². The van der Waals surface area contributed by atoms with Crippen LogP contribution in [0.2, 0.25) is 0 Å². The third-order valence-corrected chi connectivity index (χ3v) is 4.29. The Morgan fingerprint density at radius 2 is 2.17 bits per heavy atom. The van der Waals surface area contributed by atoms with Crippen molar-refractivity contribution in [3.8, 4) is 0 Å². The summed E-state index contributed by atoms with van der Waals surface area (Å²) in [5.74, 6) is -0.587. The number of hydrogen-bond acceptors (Lipinski definition) is 5. The van der Waals surface area contributed by atoms with Crippen LogP contribution in [-0.4, -0.2) is 28.6 Å². The second-order valence-electron chi connectivity index (χ2n) is 5.38. The summed E-state index contributed by atoms with van der Waals surface area (Å²) < 4.78 is 12.9. The fourth-order valence-corrected chi connectivity index (χ4v) is 2.86. The van der Waals surface area contributed by atoms with E-state index in [9.17, 15) is 14.3 Å². The molecule has 2 aromatic rings. The van der Waals surface area contributed by atoms with Crippen molar-refractivity contribution < 1.29 is 14.3 Å². The van der Waals surface area contributed by atoms with Crippen molar-refractivity contribution in [3.05, 3.63) is 59.4 Å². The molecule has 1 amide bonds. The van der Waals surface area contributed by atoms with Gasteiger partial charge in [0.25, 0.3) is 5.91 Å². The van der Waals surface area contributed by atoms with Crippen LogP contribution >= 0.6 is 11.3 Å². The SMILES string of the molecule is C=CCNc1ncc(C(=O)NC(C)CC(O)c2ccc(F)cc2)s1. The van der Waals surface area contributed by atoms with E-state index >= 15 is 0 Å². The molecule has 3 N–H and O–H groups in total. The Morgan fingerprint density at radius 1 is 1.46 bits per heavy atom. The van der Waals surface area contributed by atoms with Crippen molar-refractivity contribution in [3.63, 3.8) is 0 Å². The summed E-state index contributed by atoms with van der Waals surface area (Å²) in [6.07, 6.45) is 2.78. The van der Waals surface area contributed by atoms with Gasteiger partial charge in [-0.1, -0.05) is 29.5 Å². The number of amides is 1. The van der Waals surface area contributed by atoms with Crippen LogP contribution in [0.4, 0.5) is 9.52 Å². The maximum Gasteiger partial charge on any atom is 0.263 e. The highest BCUT2D eigenvalue weighted by molar-refractivity contribution is 7.17. The van der Waals surface area contributed by atoms with Gasteiger partial charge in [0.15, 0.2) is 5.13 Å². The summed E-state index contributed by atoms with van der Waals surface area (Å²) in [6.45, 7) is 5.99. The number of aromatic nitrogens is 1. The number of carbonyl (C=O) groups excluding carboxylic acids is 1. The van der Waals surface area contributed by atoms with E-state index in [1.54, 1.807) is 6.08 Å². The van der Waals surface area contributed by atoms with Gasteiger partial charge < -0.3 is 15.7 Å². The molecule has 0 fully saturated rings. The van der Waals surface area contributed by atoms with E-state index in [-0.39, 0.29) is 17.8 Å². The van der Waals surface area contributed by atoms with Gasteiger partial charge in [-0.2, -0.15) is 0 Å². The highest BCUT2D eigenvalue weighted by Gasteiger charge is 2.17. The fraction of sp³-hybridized carbons (Fsp3) is 0.294. The number of hydrogen-bond donors (Lipinski definition) is 3. The van der Waals surface area contributed by atoms with Crippen LogP contribution in [-0.2, 0) is 0 Å². The van der Waals surface area contributed by atoms with Gasteiger partial charge in [0, 0.05) is 12.6 Å². The molecule has 0 saturated carbocycles. The number of thiazole rings is 1. The molecule has 7 heteroatoms. The van der Waals surface area contributed by atoms with Crippen LogP contribution in [0.1, 0.15) is 34.7 Å². The van der Waals surface area contributed by atoms with Crippen molar-refractivity contribution in [2.75, 3.05) is 11.9 Å². The molecule has 2 unspecified atom stereocenters. The molecule has 0 saturated heterocycles. The third-order valence-electron chi connectivity index (χ3n) is 3.34. The van der Waals surface area contributed by atoms with E-state index in [1.165, 1.54) is 41.8 Å². The minimum atomic E-state index is -0.771. The molecule has 2 rings (SSSR count). The summed E-state index contributed by atoms with van der Waals surface area (Å²) in [4.78, 5) is 16.8. The molecule has 128 valence electrons. The first kappa shape index (κ1) is 18.1. The molecule has 0 bridgehead atoms. The van der Waals surface area contributed by atoms with Gasteiger partial charge in [0.1, 0.15) is 10.7 Å². The lowest BCUT2D eigenvalue weighted by atomic mass is 10.0. The Hall–Kier alpha value is -2.25. The summed E-state index contributed by atoms with van der Waals surface area (Å²) >= 11 is 1.25. The molecule has 0 aliphatic carbocycles. The van der Waals surface area contributed by atoms with Crippen LogP contribution < -0.4 is 10.6 Å². The monoisotopic (exact) mass is 349 g/mol. The smallest absolute Gasteiger partial charge is 0.263 e. The van der Waals surface area contributed by atoms with Crippen LogP contribution in [0, 0.1) is 5.82 Å². The maximum absolute atomic E-state index is 12.9. The molecule has 2 atom stereocenters. The van der Waals surface area contributed by atoms with Crippen molar-refractivity contribution in [1.82, 2.24) is 10.3 Å². The normalized spacial score (nSPS) is 13.1. The molecule has 1 aromatic heterocycles. The molecule has 1 heterocycles. The summed E-state index contributed by atoms with van der Waals surface area (Å²) in [6, 6.07) is 5.43. The predicted molar refractivity (Wildman–Crippen MR) is 93.7 cm³/mol. The highest BCUT2D eigenvalue weighted by Crippen LogP contribution is 2.20. The Kier molecular flexibility index (Phi) is 6.45. The van der Waals surface area contributed by atoms with Crippen molar-refractivity contribution in [1.29, 1.82) is 0 Å². The van der Waals surface area contributed by atoms with Crippen molar-refractivity contribution in [2.45, 2.75) is 25.5 Å². The lowest BCUT2D eigenvalue weighted by Crippen LogP contribution is -2.33. The summed E-state index contributed by atoms with van der Waals surface area (Å²) in [7, 11) is 0. The standard InChI is InChI=1S/C17H20FN3O2S/c1-3-8-19-17-20-10-15(24-17)16(23)21-11(2)9-14(22)12-4-6-13(18)7-5-12/h3-7,10-11,14,22H,1,8-9H2,2H3,(H,19,20)(H,21,23). The van der Waals surface area contributed by atoms with Gasteiger partial charge in [-0.3, -0.25) is 4.79 Å². The molecule has 0 aliphatic heterocycles. The molecule has 0 aliphatic rings. The summed E-state index contributed by atoms with van der Waals surface area (Å²) in [5, 5.41) is 16.7.